The molecule has 0 bridgehead atoms. The number of nitrogens with zero attached hydrogens (tertiary/aromatic N) is 2. The number of hydrogen-bond donors (Lipinski definition) is 2. The van der Waals surface area contributed by atoms with Crippen molar-refractivity contribution in [3.05, 3.63) is 64.2 Å². The van der Waals surface area contributed by atoms with Crippen LogP contribution < -0.4 is 15.5 Å². The van der Waals surface area contributed by atoms with Gasteiger partial charge in [-0.15, -0.1) is 0 Å². The Hall–Kier alpha value is -3.09. The Morgan fingerprint density at radius 2 is 1.85 bits per heavy atom. The Kier molecular flexibility index (Phi) is 4.66. The van der Waals surface area contributed by atoms with E-state index in [1.165, 1.54) is 6.07 Å². The van der Waals surface area contributed by atoms with Gasteiger partial charge in [-0.25, -0.2) is 0 Å². The third kappa shape index (κ3) is 4.02. The highest BCUT2D eigenvalue weighted by Gasteiger charge is 2.27. The zero-order valence-electron chi connectivity index (χ0n) is 14.9. The van der Waals surface area contributed by atoms with E-state index < -0.39 is 4.92 Å². The molecule has 1 unspecified atom stereocenters. The lowest BCUT2D eigenvalue weighted by molar-refractivity contribution is -0.384. The molecule has 1 heterocycles. The number of anilines is 2. The molecule has 1 aliphatic heterocycles. The van der Waals surface area contributed by atoms with Gasteiger partial charge in [-0.05, 0) is 43.5 Å². The van der Waals surface area contributed by atoms with Gasteiger partial charge < -0.3 is 15.5 Å². The summed E-state index contributed by atoms with van der Waals surface area (Å²) in [5.41, 5.74) is 1.89. The number of amides is 1. The van der Waals surface area contributed by atoms with Crippen LogP contribution in [-0.4, -0.2) is 36.0 Å². The van der Waals surface area contributed by atoms with E-state index in [1.54, 1.807) is 12.1 Å². The Labute approximate surface area is 157 Å². The minimum absolute atomic E-state index is 0.0587. The van der Waals surface area contributed by atoms with Crippen LogP contribution in [-0.2, 0) is 0 Å². The minimum Gasteiger partial charge on any atom is -0.375 e. The van der Waals surface area contributed by atoms with Crippen molar-refractivity contribution in [1.82, 2.24) is 5.32 Å². The van der Waals surface area contributed by atoms with Crippen molar-refractivity contribution in [3.8, 4) is 0 Å². The molecule has 7 nitrogen and oxygen atoms in total. The number of para-hydroxylation sites is 1. The molecular formula is C20H22N4O3. The molecule has 0 spiro atoms. The third-order valence-electron chi connectivity index (χ3n) is 5.04. The van der Waals surface area contributed by atoms with Crippen LogP contribution in [0.4, 0.5) is 17.1 Å². The van der Waals surface area contributed by atoms with Gasteiger partial charge in [0.1, 0.15) is 5.69 Å². The molecule has 2 aromatic rings. The highest BCUT2D eigenvalue weighted by molar-refractivity contribution is 5.96. The molecule has 27 heavy (non-hydrogen) atoms. The summed E-state index contributed by atoms with van der Waals surface area (Å²) in [6, 6.07) is 15.1. The summed E-state index contributed by atoms with van der Waals surface area (Å²) in [4.78, 5) is 25.5. The normalized spacial score (nSPS) is 19.0. The highest BCUT2D eigenvalue weighted by atomic mass is 16.6. The largest absolute Gasteiger partial charge is 0.375 e. The monoisotopic (exact) mass is 366 g/mol. The summed E-state index contributed by atoms with van der Waals surface area (Å²) in [7, 11) is 0. The van der Waals surface area contributed by atoms with Gasteiger partial charge in [0.05, 0.1) is 4.92 Å². The first-order chi connectivity index (χ1) is 13.1. The van der Waals surface area contributed by atoms with E-state index in [1.807, 2.05) is 18.2 Å². The van der Waals surface area contributed by atoms with E-state index in [4.69, 9.17) is 0 Å². The van der Waals surface area contributed by atoms with E-state index in [9.17, 15) is 14.9 Å². The molecule has 1 saturated carbocycles. The average molecular weight is 366 g/mol. The molecular weight excluding hydrogens is 344 g/mol. The lowest BCUT2D eigenvalue weighted by Gasteiger charge is -2.19. The molecule has 4 rings (SSSR count). The summed E-state index contributed by atoms with van der Waals surface area (Å²) in [5.74, 6) is -0.247. The minimum atomic E-state index is -0.430. The number of hydrogen-bond acceptors (Lipinski definition) is 5. The predicted octanol–water partition coefficient (Wildman–Crippen LogP) is 3.18. The van der Waals surface area contributed by atoms with E-state index in [-0.39, 0.29) is 23.7 Å². The van der Waals surface area contributed by atoms with Crippen molar-refractivity contribution in [2.24, 2.45) is 0 Å². The van der Waals surface area contributed by atoms with Crippen molar-refractivity contribution < 1.29 is 9.72 Å². The van der Waals surface area contributed by atoms with Crippen molar-refractivity contribution in [2.45, 2.75) is 31.3 Å². The Bertz CT molecular complexity index is 852. The van der Waals surface area contributed by atoms with Crippen molar-refractivity contribution in [1.29, 1.82) is 0 Å². The Morgan fingerprint density at radius 1 is 1.07 bits per heavy atom. The van der Waals surface area contributed by atoms with Crippen molar-refractivity contribution >= 4 is 23.0 Å². The fourth-order valence-corrected chi connectivity index (χ4v) is 3.41. The van der Waals surface area contributed by atoms with Crippen LogP contribution in [0.2, 0.25) is 0 Å². The lowest BCUT2D eigenvalue weighted by Crippen LogP contribution is -2.27. The molecule has 0 aromatic heterocycles. The van der Waals surface area contributed by atoms with Crippen LogP contribution >= 0.6 is 0 Å². The molecule has 2 fully saturated rings. The fraction of sp³-hybridized carbons (Fsp3) is 0.350. The van der Waals surface area contributed by atoms with Gasteiger partial charge in [-0.2, -0.15) is 0 Å². The predicted molar refractivity (Wildman–Crippen MR) is 104 cm³/mol. The van der Waals surface area contributed by atoms with E-state index in [2.05, 4.69) is 27.7 Å². The molecule has 0 radical (unpaired) electrons. The molecule has 1 amide bonds. The molecule has 2 N–H and O–H groups in total. The van der Waals surface area contributed by atoms with Crippen LogP contribution in [0.5, 0.6) is 0 Å². The van der Waals surface area contributed by atoms with Gasteiger partial charge in [0.25, 0.3) is 11.6 Å². The van der Waals surface area contributed by atoms with Gasteiger partial charge in [-0.3, -0.25) is 14.9 Å². The molecule has 2 aliphatic rings. The summed E-state index contributed by atoms with van der Waals surface area (Å²) >= 11 is 0. The highest BCUT2D eigenvalue weighted by Crippen LogP contribution is 2.29. The quantitative estimate of drug-likeness (QED) is 0.606. The molecule has 7 heteroatoms. The first-order valence-corrected chi connectivity index (χ1v) is 9.26. The van der Waals surface area contributed by atoms with Gasteiger partial charge >= 0.3 is 0 Å². The van der Waals surface area contributed by atoms with Gasteiger partial charge in [0, 0.05) is 42.5 Å². The van der Waals surface area contributed by atoms with Crippen molar-refractivity contribution in [2.75, 3.05) is 23.3 Å². The van der Waals surface area contributed by atoms with Gasteiger partial charge in [0.15, 0.2) is 0 Å². The Balaban J connectivity index is 1.46. The zero-order chi connectivity index (χ0) is 18.8. The number of carbonyl (C=O) groups excluding carboxylic acids is 1. The second kappa shape index (κ2) is 7.26. The molecule has 1 aliphatic carbocycles. The smallest absolute Gasteiger partial charge is 0.293 e. The van der Waals surface area contributed by atoms with E-state index >= 15 is 0 Å². The summed E-state index contributed by atoms with van der Waals surface area (Å²) < 4.78 is 0. The zero-order valence-corrected chi connectivity index (χ0v) is 14.9. The van der Waals surface area contributed by atoms with E-state index in [0.717, 1.165) is 38.0 Å². The maximum absolute atomic E-state index is 12.2. The van der Waals surface area contributed by atoms with Gasteiger partial charge in [-0.1, -0.05) is 18.2 Å². The first-order valence-electron chi connectivity index (χ1n) is 9.26. The SMILES string of the molecule is O=C(NC1CC1)c1ccc(NC2CCN(c3ccccc3)C2)c([N+](=O)[O-])c1. The van der Waals surface area contributed by atoms with E-state index in [0.29, 0.717) is 11.3 Å². The second-order valence-electron chi connectivity index (χ2n) is 7.15. The molecule has 1 saturated heterocycles. The summed E-state index contributed by atoms with van der Waals surface area (Å²) in [6.07, 6.45) is 2.86. The molecule has 1 atom stereocenters. The fourth-order valence-electron chi connectivity index (χ4n) is 3.41. The number of nitrogens with one attached hydrogen (secondary N) is 2. The third-order valence-corrected chi connectivity index (χ3v) is 5.04. The van der Waals surface area contributed by atoms with Crippen molar-refractivity contribution in [3.63, 3.8) is 0 Å². The van der Waals surface area contributed by atoms with Crippen LogP contribution in [0.1, 0.15) is 29.6 Å². The number of nitro benzene ring substituents is 1. The summed E-state index contributed by atoms with van der Waals surface area (Å²) in [6.45, 7) is 1.68. The number of carbonyl (C=O) groups is 1. The van der Waals surface area contributed by atoms with Gasteiger partial charge in [0.2, 0.25) is 0 Å². The topological polar surface area (TPSA) is 87.5 Å². The number of rotatable bonds is 6. The van der Waals surface area contributed by atoms with Crippen LogP contribution in [0.3, 0.4) is 0 Å². The summed E-state index contributed by atoms with van der Waals surface area (Å²) in [5, 5.41) is 17.7. The maximum Gasteiger partial charge on any atom is 0.293 e. The number of benzene rings is 2. The van der Waals surface area contributed by atoms with Crippen LogP contribution in [0.15, 0.2) is 48.5 Å². The molecule has 2 aromatic carbocycles. The second-order valence-corrected chi connectivity index (χ2v) is 7.15. The lowest BCUT2D eigenvalue weighted by atomic mass is 10.1. The average Bonchev–Trinajstić information content (AvgIpc) is 3.37. The maximum atomic E-state index is 12.2. The van der Waals surface area contributed by atoms with Crippen LogP contribution in [0, 0.1) is 10.1 Å². The Morgan fingerprint density at radius 3 is 2.56 bits per heavy atom. The molecule has 140 valence electrons. The standard InChI is InChI=1S/C20H22N4O3/c25-20(22-15-7-8-15)14-6-9-18(19(12-14)24(26)27)21-16-10-11-23(13-16)17-4-2-1-3-5-17/h1-6,9,12,15-16,21H,7-8,10-11,13H2,(H,22,25). The van der Waals surface area contributed by atoms with Crippen LogP contribution in [0.25, 0.3) is 0 Å². The number of nitro groups is 1. The first kappa shape index (κ1) is 17.3.